The van der Waals surface area contributed by atoms with Crippen molar-refractivity contribution >= 4 is 29.9 Å². The Labute approximate surface area is 184 Å². The topological polar surface area (TPSA) is 32.3 Å². The molecule has 0 heterocycles. The van der Waals surface area contributed by atoms with E-state index >= 15 is 0 Å². The first kappa shape index (κ1) is 23.0. The smallest absolute Gasteiger partial charge is 0.251 e. The lowest BCUT2D eigenvalue weighted by Crippen LogP contribution is -2.48. The molecule has 3 aromatic carbocycles. The van der Waals surface area contributed by atoms with E-state index in [2.05, 4.69) is 48.6 Å². The van der Waals surface area contributed by atoms with E-state index in [4.69, 9.17) is 11.6 Å². The van der Waals surface area contributed by atoms with Crippen molar-refractivity contribution in [2.75, 3.05) is 27.2 Å². The van der Waals surface area contributed by atoms with Crippen LogP contribution in [0.25, 0.3) is 0 Å². The third-order valence-corrected chi connectivity index (χ3v) is 5.15. The van der Waals surface area contributed by atoms with Crippen molar-refractivity contribution in [1.29, 1.82) is 0 Å². The number of amides is 1. The quantitative estimate of drug-likeness (QED) is 0.571. The van der Waals surface area contributed by atoms with Gasteiger partial charge in [0.05, 0.1) is 5.41 Å². The minimum Gasteiger partial charge on any atom is -0.351 e. The maximum Gasteiger partial charge on any atom is 0.251 e. The molecule has 3 rings (SSSR count). The molecule has 0 aliphatic carbocycles. The Morgan fingerprint density at radius 3 is 1.79 bits per heavy atom. The number of carbonyl (C=O) groups is 1. The highest BCUT2D eigenvalue weighted by Crippen LogP contribution is 2.32. The maximum atomic E-state index is 12.8. The van der Waals surface area contributed by atoms with Gasteiger partial charge in [-0.2, -0.15) is 0 Å². The van der Waals surface area contributed by atoms with Gasteiger partial charge >= 0.3 is 0 Å². The average Bonchev–Trinajstić information content (AvgIpc) is 2.72. The number of halogens is 2. The van der Waals surface area contributed by atoms with Gasteiger partial charge in [-0.3, -0.25) is 4.79 Å². The van der Waals surface area contributed by atoms with Crippen molar-refractivity contribution in [3.8, 4) is 0 Å². The third-order valence-electron chi connectivity index (χ3n) is 4.90. The molecule has 0 spiro atoms. The second-order valence-corrected chi connectivity index (χ2v) is 7.68. The zero-order valence-electron chi connectivity index (χ0n) is 16.6. The first-order valence-electron chi connectivity index (χ1n) is 9.31. The zero-order chi connectivity index (χ0) is 20.0. The predicted octanol–water partition coefficient (Wildman–Crippen LogP) is 5.04. The van der Waals surface area contributed by atoms with E-state index in [0.717, 1.165) is 6.54 Å². The molecule has 0 saturated carbocycles. The fourth-order valence-corrected chi connectivity index (χ4v) is 3.72. The summed E-state index contributed by atoms with van der Waals surface area (Å²) in [6.07, 6.45) is 0. The molecule has 0 radical (unpaired) electrons. The van der Waals surface area contributed by atoms with Gasteiger partial charge in [-0.05, 0) is 49.5 Å². The maximum absolute atomic E-state index is 12.8. The second-order valence-electron chi connectivity index (χ2n) is 7.24. The molecule has 0 aliphatic rings. The minimum absolute atomic E-state index is 0. The van der Waals surface area contributed by atoms with Crippen LogP contribution in [0.1, 0.15) is 21.5 Å². The van der Waals surface area contributed by atoms with E-state index in [1.807, 2.05) is 36.4 Å². The van der Waals surface area contributed by atoms with Gasteiger partial charge in [0, 0.05) is 23.7 Å². The van der Waals surface area contributed by atoms with E-state index in [9.17, 15) is 4.79 Å². The molecule has 152 valence electrons. The zero-order valence-corrected chi connectivity index (χ0v) is 18.2. The largest absolute Gasteiger partial charge is 0.351 e. The molecule has 3 nitrogen and oxygen atoms in total. The number of hydrogen-bond acceptors (Lipinski definition) is 2. The lowest BCUT2D eigenvalue weighted by atomic mass is 9.73. The molecule has 0 aliphatic heterocycles. The van der Waals surface area contributed by atoms with Crippen molar-refractivity contribution in [3.05, 3.63) is 107 Å². The highest BCUT2D eigenvalue weighted by atomic mass is 35.5. The average molecular weight is 429 g/mol. The van der Waals surface area contributed by atoms with Gasteiger partial charge in [0.1, 0.15) is 0 Å². The van der Waals surface area contributed by atoms with Crippen LogP contribution < -0.4 is 5.32 Å². The third kappa shape index (κ3) is 5.60. The van der Waals surface area contributed by atoms with Gasteiger partial charge in [-0.25, -0.2) is 0 Å². The van der Waals surface area contributed by atoms with Crippen molar-refractivity contribution in [2.24, 2.45) is 0 Å². The molecular formula is C24H26Cl2N2O. The molecule has 0 bridgehead atoms. The van der Waals surface area contributed by atoms with Gasteiger partial charge in [-0.1, -0.05) is 72.3 Å². The molecule has 3 aromatic rings. The van der Waals surface area contributed by atoms with Crippen LogP contribution in [0.3, 0.4) is 0 Å². The SMILES string of the molecule is CN(C)CC(CNC(=O)c1ccc(Cl)cc1)(c1ccccc1)c1ccccc1.Cl. The first-order chi connectivity index (χ1) is 13.5. The van der Waals surface area contributed by atoms with Crippen molar-refractivity contribution in [2.45, 2.75) is 5.41 Å². The molecule has 1 amide bonds. The summed E-state index contributed by atoms with van der Waals surface area (Å²) >= 11 is 5.95. The van der Waals surface area contributed by atoms with E-state index < -0.39 is 0 Å². The fourth-order valence-electron chi connectivity index (χ4n) is 3.60. The lowest BCUT2D eigenvalue weighted by molar-refractivity contribution is 0.0943. The summed E-state index contributed by atoms with van der Waals surface area (Å²) in [5.41, 5.74) is 2.58. The Morgan fingerprint density at radius 1 is 0.862 bits per heavy atom. The normalized spacial score (nSPS) is 11.0. The summed E-state index contributed by atoms with van der Waals surface area (Å²) in [6.45, 7) is 1.25. The molecule has 0 aromatic heterocycles. The summed E-state index contributed by atoms with van der Waals surface area (Å²) < 4.78 is 0. The summed E-state index contributed by atoms with van der Waals surface area (Å²) in [4.78, 5) is 14.9. The predicted molar refractivity (Wildman–Crippen MR) is 123 cm³/mol. The van der Waals surface area contributed by atoms with Crippen molar-refractivity contribution in [1.82, 2.24) is 10.2 Å². The molecule has 0 saturated heterocycles. The van der Waals surface area contributed by atoms with Gasteiger partial charge in [0.2, 0.25) is 0 Å². The number of benzene rings is 3. The lowest BCUT2D eigenvalue weighted by Gasteiger charge is -2.37. The Balaban J connectivity index is 0.00000300. The number of likely N-dealkylation sites (N-methyl/N-ethyl adjacent to an activating group) is 1. The standard InChI is InChI=1S/C24H25ClN2O.ClH/c1-27(2)18-24(20-9-5-3-6-10-20,21-11-7-4-8-12-21)17-26-23(28)19-13-15-22(25)16-14-19;/h3-16H,17-18H2,1-2H3,(H,26,28);1H. The molecule has 0 fully saturated rings. The van der Waals surface area contributed by atoms with Crippen molar-refractivity contribution < 1.29 is 4.79 Å². The highest BCUT2D eigenvalue weighted by Gasteiger charge is 2.35. The summed E-state index contributed by atoms with van der Waals surface area (Å²) in [6, 6.07) is 27.7. The second kappa shape index (κ2) is 10.4. The minimum atomic E-state index is -0.367. The van der Waals surface area contributed by atoms with Gasteiger partial charge in [-0.15, -0.1) is 12.4 Å². The van der Waals surface area contributed by atoms with E-state index in [1.165, 1.54) is 11.1 Å². The number of nitrogens with zero attached hydrogens (tertiary/aromatic N) is 1. The Morgan fingerprint density at radius 2 is 1.34 bits per heavy atom. The highest BCUT2D eigenvalue weighted by molar-refractivity contribution is 6.30. The van der Waals surface area contributed by atoms with Crippen LogP contribution in [0.15, 0.2) is 84.9 Å². The molecule has 5 heteroatoms. The van der Waals surface area contributed by atoms with Gasteiger partial charge in [0.25, 0.3) is 5.91 Å². The van der Waals surface area contributed by atoms with E-state index in [1.54, 1.807) is 24.3 Å². The molecule has 0 unspecified atom stereocenters. The van der Waals surface area contributed by atoms with Crippen LogP contribution in [-0.2, 0) is 5.41 Å². The van der Waals surface area contributed by atoms with Crippen molar-refractivity contribution in [3.63, 3.8) is 0 Å². The summed E-state index contributed by atoms with van der Waals surface area (Å²) in [5, 5.41) is 3.77. The molecule has 1 N–H and O–H groups in total. The molecule has 29 heavy (non-hydrogen) atoms. The van der Waals surface area contributed by atoms with Crippen LogP contribution >= 0.6 is 24.0 Å². The number of nitrogens with one attached hydrogen (secondary N) is 1. The Hall–Kier alpha value is -2.33. The Bertz CT molecular complexity index is 858. The van der Waals surface area contributed by atoms with E-state index in [0.29, 0.717) is 17.1 Å². The van der Waals surface area contributed by atoms with Crippen LogP contribution in [0.4, 0.5) is 0 Å². The number of carbonyl (C=O) groups excluding carboxylic acids is 1. The molecular weight excluding hydrogens is 403 g/mol. The summed E-state index contributed by atoms with van der Waals surface area (Å²) in [7, 11) is 4.11. The van der Waals surface area contributed by atoms with Crippen LogP contribution in [0, 0.1) is 0 Å². The molecule has 0 atom stereocenters. The number of hydrogen-bond donors (Lipinski definition) is 1. The van der Waals surface area contributed by atoms with Crippen LogP contribution in [0.2, 0.25) is 5.02 Å². The van der Waals surface area contributed by atoms with E-state index in [-0.39, 0.29) is 23.7 Å². The van der Waals surface area contributed by atoms with Gasteiger partial charge < -0.3 is 10.2 Å². The number of rotatable bonds is 7. The fraction of sp³-hybridized carbons (Fsp3) is 0.208. The monoisotopic (exact) mass is 428 g/mol. The van der Waals surface area contributed by atoms with Gasteiger partial charge in [0.15, 0.2) is 0 Å². The van der Waals surface area contributed by atoms with Crippen LogP contribution in [-0.4, -0.2) is 38.0 Å². The first-order valence-corrected chi connectivity index (χ1v) is 9.69. The Kier molecular flexibility index (Phi) is 8.27. The summed E-state index contributed by atoms with van der Waals surface area (Å²) in [5.74, 6) is -0.105. The van der Waals surface area contributed by atoms with Crippen LogP contribution in [0.5, 0.6) is 0 Å².